The molecule has 22 heavy (non-hydrogen) atoms. The Morgan fingerprint density at radius 1 is 1.36 bits per heavy atom. The fraction of sp³-hybridized carbons (Fsp3) is 0.231. The Morgan fingerprint density at radius 2 is 1.95 bits per heavy atom. The third kappa shape index (κ3) is 4.40. The Hall–Kier alpha value is -2.71. The summed E-state index contributed by atoms with van der Waals surface area (Å²) in [6, 6.07) is 7.21. The van der Waals surface area contributed by atoms with Crippen molar-refractivity contribution in [1.82, 2.24) is 4.98 Å². The van der Waals surface area contributed by atoms with Crippen LogP contribution in [0.1, 0.15) is 17.4 Å². The number of aromatic amines is 1. The number of carboxylic acids is 1. The van der Waals surface area contributed by atoms with Gasteiger partial charge in [0.15, 0.2) is 0 Å². The predicted octanol–water partition coefficient (Wildman–Crippen LogP) is 2.56. The number of aliphatic carboxylic acids is 1. The number of alkyl halides is 3. The van der Waals surface area contributed by atoms with Gasteiger partial charge in [0.2, 0.25) is 0 Å². The molecule has 1 heterocycles. The smallest absolute Gasteiger partial charge is 0.475 e. The average Bonchev–Trinajstić information content (AvgIpc) is 2.84. The van der Waals surface area contributed by atoms with Crippen LogP contribution in [0.4, 0.5) is 18.9 Å². The van der Waals surface area contributed by atoms with Crippen LogP contribution >= 0.6 is 0 Å². The van der Waals surface area contributed by atoms with Crippen molar-refractivity contribution >= 4 is 28.5 Å². The van der Waals surface area contributed by atoms with E-state index in [1.54, 1.807) is 19.1 Å². The maximum absolute atomic E-state index is 11.4. The van der Waals surface area contributed by atoms with E-state index in [4.69, 9.17) is 20.4 Å². The van der Waals surface area contributed by atoms with E-state index in [-0.39, 0.29) is 5.97 Å². The van der Waals surface area contributed by atoms with Crippen molar-refractivity contribution in [3.05, 3.63) is 30.0 Å². The van der Waals surface area contributed by atoms with Crippen molar-refractivity contribution < 1.29 is 32.6 Å². The lowest BCUT2D eigenvalue weighted by atomic mass is 10.2. The second-order valence-electron chi connectivity index (χ2n) is 4.01. The number of carbonyl (C=O) groups excluding carboxylic acids is 1. The van der Waals surface area contributed by atoms with Gasteiger partial charge in [-0.2, -0.15) is 13.2 Å². The third-order valence-corrected chi connectivity index (χ3v) is 2.44. The topological polar surface area (TPSA) is 105 Å². The minimum Gasteiger partial charge on any atom is -0.475 e. The number of hydrogen-bond acceptors (Lipinski definition) is 4. The predicted molar refractivity (Wildman–Crippen MR) is 72.4 cm³/mol. The monoisotopic (exact) mass is 318 g/mol. The summed E-state index contributed by atoms with van der Waals surface area (Å²) < 4.78 is 36.6. The van der Waals surface area contributed by atoms with E-state index < -0.39 is 12.1 Å². The summed E-state index contributed by atoms with van der Waals surface area (Å²) in [5.41, 5.74) is 7.70. The zero-order valence-corrected chi connectivity index (χ0v) is 11.4. The number of carboxylic acid groups (broad SMARTS) is 1. The summed E-state index contributed by atoms with van der Waals surface area (Å²) in [7, 11) is 0. The van der Waals surface area contributed by atoms with Crippen LogP contribution in [-0.2, 0) is 9.53 Å². The minimum atomic E-state index is -5.08. The van der Waals surface area contributed by atoms with Crippen LogP contribution in [0.15, 0.2) is 24.3 Å². The molecule has 0 aliphatic rings. The number of nitrogens with one attached hydrogen (secondary N) is 1. The maximum Gasteiger partial charge on any atom is 0.490 e. The number of halogens is 3. The van der Waals surface area contributed by atoms with Crippen molar-refractivity contribution in [2.45, 2.75) is 13.1 Å². The number of nitrogen functional groups attached to an aromatic ring is 1. The van der Waals surface area contributed by atoms with E-state index in [2.05, 4.69) is 4.98 Å². The Labute approximate surface area is 122 Å². The Bertz CT molecular complexity index is 679. The Morgan fingerprint density at radius 3 is 2.41 bits per heavy atom. The van der Waals surface area contributed by atoms with E-state index in [9.17, 15) is 18.0 Å². The van der Waals surface area contributed by atoms with Crippen LogP contribution in [0.3, 0.4) is 0 Å². The van der Waals surface area contributed by atoms with Crippen LogP contribution in [0.25, 0.3) is 10.9 Å². The van der Waals surface area contributed by atoms with Crippen LogP contribution in [0.2, 0.25) is 0 Å². The molecular formula is C13H13F3N2O4. The summed E-state index contributed by atoms with van der Waals surface area (Å²) in [5, 5.41) is 7.97. The molecule has 1 aromatic carbocycles. The van der Waals surface area contributed by atoms with E-state index in [0.29, 0.717) is 18.0 Å². The average molecular weight is 318 g/mol. The number of aromatic nitrogens is 1. The highest BCUT2D eigenvalue weighted by Crippen LogP contribution is 2.21. The van der Waals surface area contributed by atoms with E-state index in [1.165, 1.54) is 0 Å². The van der Waals surface area contributed by atoms with Crippen molar-refractivity contribution in [2.24, 2.45) is 0 Å². The number of carbonyl (C=O) groups is 2. The number of rotatable bonds is 2. The van der Waals surface area contributed by atoms with E-state index in [1.807, 2.05) is 12.1 Å². The van der Waals surface area contributed by atoms with Gasteiger partial charge in [0.1, 0.15) is 5.69 Å². The first-order valence-corrected chi connectivity index (χ1v) is 6.01. The summed E-state index contributed by atoms with van der Waals surface area (Å²) in [6.07, 6.45) is -5.08. The first kappa shape index (κ1) is 17.3. The van der Waals surface area contributed by atoms with Gasteiger partial charge in [-0.3, -0.25) is 0 Å². The molecule has 1 aromatic heterocycles. The number of nitrogens with two attached hydrogens (primary N) is 1. The van der Waals surface area contributed by atoms with Crippen LogP contribution in [0.5, 0.6) is 0 Å². The Kier molecular flexibility index (Phi) is 5.39. The summed E-state index contributed by atoms with van der Waals surface area (Å²) in [5.74, 6) is -3.11. The number of hydrogen-bond donors (Lipinski definition) is 3. The Balaban J connectivity index is 0.000000295. The first-order valence-electron chi connectivity index (χ1n) is 6.01. The first-order chi connectivity index (χ1) is 10.2. The molecule has 2 rings (SSSR count). The normalized spacial score (nSPS) is 10.7. The van der Waals surface area contributed by atoms with Crippen LogP contribution < -0.4 is 5.73 Å². The second kappa shape index (κ2) is 6.83. The molecule has 0 amide bonds. The molecule has 0 aliphatic heterocycles. The van der Waals surface area contributed by atoms with Gasteiger partial charge in [0.05, 0.1) is 6.61 Å². The van der Waals surface area contributed by atoms with Gasteiger partial charge in [-0.05, 0) is 25.1 Å². The number of fused-ring (bicyclic) bond motifs is 1. The molecular weight excluding hydrogens is 305 g/mol. The van der Waals surface area contributed by atoms with Crippen molar-refractivity contribution in [3.63, 3.8) is 0 Å². The molecule has 0 radical (unpaired) electrons. The highest BCUT2D eigenvalue weighted by Gasteiger charge is 2.38. The molecule has 0 spiro atoms. The number of benzene rings is 1. The van der Waals surface area contributed by atoms with E-state index in [0.717, 1.165) is 10.9 Å². The molecule has 0 saturated carbocycles. The molecule has 0 unspecified atom stereocenters. The third-order valence-electron chi connectivity index (χ3n) is 2.44. The molecule has 120 valence electrons. The molecule has 0 atom stereocenters. The summed E-state index contributed by atoms with van der Waals surface area (Å²) in [6.45, 7) is 2.14. The van der Waals surface area contributed by atoms with Crippen molar-refractivity contribution in [3.8, 4) is 0 Å². The summed E-state index contributed by atoms with van der Waals surface area (Å²) >= 11 is 0. The fourth-order valence-electron chi connectivity index (χ4n) is 1.50. The van der Waals surface area contributed by atoms with Gasteiger partial charge in [0.25, 0.3) is 0 Å². The highest BCUT2D eigenvalue weighted by atomic mass is 19.4. The largest absolute Gasteiger partial charge is 0.490 e. The number of H-pyrrole nitrogens is 1. The van der Waals surface area contributed by atoms with Gasteiger partial charge >= 0.3 is 18.1 Å². The number of ether oxygens (including phenoxy) is 1. The van der Waals surface area contributed by atoms with Gasteiger partial charge < -0.3 is 20.6 Å². The van der Waals surface area contributed by atoms with Crippen molar-refractivity contribution in [2.75, 3.05) is 12.3 Å². The number of esters is 1. The van der Waals surface area contributed by atoms with Crippen LogP contribution in [0, 0.1) is 0 Å². The molecule has 4 N–H and O–H groups in total. The second-order valence-corrected chi connectivity index (χ2v) is 4.01. The zero-order valence-electron chi connectivity index (χ0n) is 11.4. The van der Waals surface area contributed by atoms with Crippen molar-refractivity contribution in [1.29, 1.82) is 0 Å². The fourth-order valence-corrected chi connectivity index (χ4v) is 1.50. The molecule has 0 saturated heterocycles. The SMILES string of the molecule is CCOC(=O)c1cc2c(N)cccc2[nH]1.O=C(O)C(F)(F)F. The molecule has 2 aromatic rings. The summed E-state index contributed by atoms with van der Waals surface area (Å²) in [4.78, 5) is 23.3. The quantitative estimate of drug-likeness (QED) is 0.583. The standard InChI is InChI=1S/C11H12N2O2.C2HF3O2/c1-2-15-11(14)10-6-7-8(12)4-3-5-9(7)13-10;3-2(4,5)1(6)7/h3-6,13H,2,12H2,1H3;(H,6,7). The lowest BCUT2D eigenvalue weighted by molar-refractivity contribution is -0.192. The zero-order chi connectivity index (χ0) is 16.9. The minimum absolute atomic E-state index is 0.354. The van der Waals surface area contributed by atoms with Gasteiger partial charge in [-0.1, -0.05) is 6.07 Å². The highest BCUT2D eigenvalue weighted by molar-refractivity contribution is 5.99. The van der Waals surface area contributed by atoms with E-state index >= 15 is 0 Å². The van der Waals surface area contributed by atoms with Gasteiger partial charge in [0, 0.05) is 16.6 Å². The number of anilines is 1. The molecule has 0 bridgehead atoms. The molecule has 0 aliphatic carbocycles. The van der Waals surface area contributed by atoms with Crippen LogP contribution in [-0.4, -0.2) is 34.8 Å². The maximum atomic E-state index is 11.4. The van der Waals surface area contributed by atoms with Gasteiger partial charge in [-0.15, -0.1) is 0 Å². The molecule has 6 nitrogen and oxygen atoms in total. The van der Waals surface area contributed by atoms with Gasteiger partial charge in [-0.25, -0.2) is 9.59 Å². The lowest BCUT2D eigenvalue weighted by Crippen LogP contribution is -2.21. The molecule has 0 fully saturated rings. The molecule has 9 heteroatoms. The lowest BCUT2D eigenvalue weighted by Gasteiger charge is -1.96.